The van der Waals surface area contributed by atoms with Crippen LogP contribution < -0.4 is 0 Å². The highest BCUT2D eigenvalue weighted by atomic mass is 35.5. The van der Waals surface area contributed by atoms with E-state index in [1.807, 2.05) is 62.4 Å². The summed E-state index contributed by atoms with van der Waals surface area (Å²) in [4.78, 5) is 20.8. The molecule has 0 spiro atoms. The first kappa shape index (κ1) is 17.1. The first-order valence-corrected chi connectivity index (χ1v) is 9.69. The van der Waals surface area contributed by atoms with E-state index in [2.05, 4.69) is 9.97 Å². The number of nitrogens with zero attached hydrogens (tertiary/aromatic N) is 1. The average Bonchev–Trinajstić information content (AvgIpc) is 2.96. The number of para-hydroxylation sites is 1. The van der Waals surface area contributed by atoms with Gasteiger partial charge in [-0.15, -0.1) is 0 Å². The molecule has 0 aliphatic carbocycles. The minimum Gasteiger partial charge on any atom is -0.358 e. The number of carbonyl (C=O) groups excluding carboxylic acids is 1. The van der Waals surface area contributed by atoms with Crippen LogP contribution in [0.1, 0.15) is 21.6 Å². The lowest BCUT2D eigenvalue weighted by molar-refractivity contribution is 0.102. The number of H-pyrrole nitrogens is 1. The van der Waals surface area contributed by atoms with E-state index in [9.17, 15) is 4.79 Å². The van der Waals surface area contributed by atoms with Crippen LogP contribution in [-0.2, 0) is 0 Å². The number of benzene rings is 2. The van der Waals surface area contributed by atoms with Gasteiger partial charge in [0.05, 0.1) is 16.3 Å². The fourth-order valence-corrected chi connectivity index (χ4v) is 4.28. The van der Waals surface area contributed by atoms with Gasteiger partial charge >= 0.3 is 0 Å². The zero-order valence-corrected chi connectivity index (χ0v) is 16.0. The van der Waals surface area contributed by atoms with Gasteiger partial charge < -0.3 is 4.98 Å². The van der Waals surface area contributed by atoms with Crippen LogP contribution in [-0.4, -0.2) is 21.5 Å². The van der Waals surface area contributed by atoms with E-state index in [0.29, 0.717) is 10.8 Å². The van der Waals surface area contributed by atoms with Crippen molar-refractivity contribution in [3.05, 3.63) is 70.4 Å². The summed E-state index contributed by atoms with van der Waals surface area (Å²) < 4.78 is 0. The predicted molar refractivity (Wildman–Crippen MR) is 110 cm³/mol. The Morgan fingerprint density at radius 3 is 2.77 bits per heavy atom. The molecule has 2 aromatic carbocycles. The number of nitrogens with one attached hydrogen (secondary N) is 1. The van der Waals surface area contributed by atoms with E-state index in [-0.39, 0.29) is 5.78 Å². The van der Waals surface area contributed by atoms with Crippen molar-refractivity contribution in [2.45, 2.75) is 18.9 Å². The normalized spacial score (nSPS) is 11.3. The molecule has 130 valence electrons. The van der Waals surface area contributed by atoms with Gasteiger partial charge in [-0.25, -0.2) is 4.98 Å². The van der Waals surface area contributed by atoms with Crippen LogP contribution in [0.3, 0.4) is 0 Å². The van der Waals surface area contributed by atoms with E-state index in [4.69, 9.17) is 11.6 Å². The van der Waals surface area contributed by atoms with Crippen molar-refractivity contribution in [3.8, 4) is 0 Å². The second kappa shape index (κ2) is 6.78. The maximum absolute atomic E-state index is 12.8. The van der Waals surface area contributed by atoms with Gasteiger partial charge in [-0.05, 0) is 49.7 Å². The number of thioether (sulfide) groups is 1. The molecule has 5 heteroatoms. The Morgan fingerprint density at radius 2 is 1.92 bits per heavy atom. The van der Waals surface area contributed by atoms with Gasteiger partial charge in [-0.1, -0.05) is 41.6 Å². The lowest BCUT2D eigenvalue weighted by atomic mass is 10.1. The van der Waals surface area contributed by atoms with Crippen LogP contribution in [0.2, 0.25) is 5.02 Å². The monoisotopic (exact) mass is 380 g/mol. The molecule has 4 rings (SSSR count). The number of rotatable bonds is 4. The molecule has 3 nitrogen and oxygen atoms in total. The minimum atomic E-state index is 0.112. The van der Waals surface area contributed by atoms with Gasteiger partial charge in [0.15, 0.2) is 5.78 Å². The molecule has 0 aliphatic rings. The molecule has 0 radical (unpaired) electrons. The molecule has 2 aromatic heterocycles. The molecule has 0 atom stereocenters. The predicted octanol–water partition coefficient (Wildman–Crippen LogP) is 5.96. The Morgan fingerprint density at radius 1 is 1.12 bits per heavy atom. The van der Waals surface area contributed by atoms with Gasteiger partial charge in [-0.3, -0.25) is 4.79 Å². The molecule has 1 N–H and O–H groups in total. The van der Waals surface area contributed by atoms with Crippen molar-refractivity contribution in [2.24, 2.45) is 0 Å². The average molecular weight is 381 g/mol. The summed E-state index contributed by atoms with van der Waals surface area (Å²) in [5.74, 6) is 0.467. The maximum Gasteiger partial charge on any atom is 0.175 e. The van der Waals surface area contributed by atoms with Crippen LogP contribution >= 0.6 is 23.4 Å². The molecule has 0 saturated carbocycles. The van der Waals surface area contributed by atoms with E-state index in [1.54, 1.807) is 0 Å². The highest BCUT2D eigenvalue weighted by molar-refractivity contribution is 7.99. The molecule has 0 amide bonds. The third-order valence-electron chi connectivity index (χ3n) is 4.48. The highest BCUT2D eigenvalue weighted by Crippen LogP contribution is 2.28. The summed E-state index contributed by atoms with van der Waals surface area (Å²) in [7, 11) is 0. The second-order valence-corrected chi connectivity index (χ2v) is 7.75. The fourth-order valence-electron chi connectivity index (χ4n) is 3.26. The summed E-state index contributed by atoms with van der Waals surface area (Å²) in [5, 5.41) is 3.57. The number of fused-ring (bicyclic) bond motifs is 2. The zero-order chi connectivity index (χ0) is 18.3. The lowest BCUT2D eigenvalue weighted by Gasteiger charge is -2.07. The van der Waals surface area contributed by atoms with Gasteiger partial charge in [0, 0.05) is 32.6 Å². The van der Waals surface area contributed by atoms with E-state index in [1.165, 1.54) is 11.8 Å². The first-order valence-electron chi connectivity index (χ1n) is 8.33. The number of hydrogen-bond donors (Lipinski definition) is 1. The quantitative estimate of drug-likeness (QED) is 0.351. The number of ketones is 1. The summed E-state index contributed by atoms with van der Waals surface area (Å²) in [5.41, 5.74) is 4.68. The third-order valence-corrected chi connectivity index (χ3v) is 5.62. The molecular weight excluding hydrogens is 364 g/mol. The number of Topliss-reactive ketones (excluding diaryl/α,β-unsaturated/α-hetero) is 1. The molecule has 4 aromatic rings. The van der Waals surface area contributed by atoms with E-state index >= 15 is 0 Å². The third kappa shape index (κ3) is 3.11. The smallest absolute Gasteiger partial charge is 0.175 e. The van der Waals surface area contributed by atoms with Crippen molar-refractivity contribution >= 4 is 51.0 Å². The van der Waals surface area contributed by atoms with E-state index in [0.717, 1.165) is 43.7 Å². The largest absolute Gasteiger partial charge is 0.358 e. The zero-order valence-electron chi connectivity index (χ0n) is 14.5. The number of carbonyl (C=O) groups is 1. The van der Waals surface area contributed by atoms with Gasteiger partial charge in [0.2, 0.25) is 0 Å². The number of hydrogen-bond acceptors (Lipinski definition) is 3. The SMILES string of the molecule is Cc1[nH]c2ccccc2c1C(=O)CSc1cc(C)c2cc(Cl)ccc2n1. The Bertz CT molecular complexity index is 1150. The Labute approximate surface area is 160 Å². The van der Waals surface area contributed by atoms with Crippen molar-refractivity contribution < 1.29 is 4.79 Å². The number of aryl methyl sites for hydroxylation is 2. The number of aromatic amines is 1. The molecule has 0 fully saturated rings. The maximum atomic E-state index is 12.8. The van der Waals surface area contributed by atoms with Gasteiger partial charge in [0.25, 0.3) is 0 Å². The Hall–Kier alpha value is -2.30. The molecule has 2 heterocycles. The standard InChI is InChI=1S/C21H17ClN2OS/c1-12-9-20(24-18-8-7-14(22)10-16(12)18)26-11-19(25)21-13(2)23-17-6-4-3-5-15(17)21/h3-10,23H,11H2,1-2H3. The first-order chi connectivity index (χ1) is 12.5. The molecule has 0 saturated heterocycles. The van der Waals surface area contributed by atoms with Crippen LogP contribution in [0.25, 0.3) is 21.8 Å². The lowest BCUT2D eigenvalue weighted by Crippen LogP contribution is -2.04. The molecular formula is C21H17ClN2OS. The van der Waals surface area contributed by atoms with E-state index < -0.39 is 0 Å². The summed E-state index contributed by atoms with van der Waals surface area (Å²) in [6.07, 6.45) is 0. The fraction of sp³-hybridized carbons (Fsp3) is 0.143. The van der Waals surface area contributed by atoms with Crippen molar-refractivity contribution in [1.82, 2.24) is 9.97 Å². The summed E-state index contributed by atoms with van der Waals surface area (Å²) >= 11 is 7.54. The topological polar surface area (TPSA) is 45.8 Å². The summed E-state index contributed by atoms with van der Waals surface area (Å²) in [6, 6.07) is 15.6. The Kier molecular flexibility index (Phi) is 4.47. The van der Waals surface area contributed by atoms with Gasteiger partial charge in [-0.2, -0.15) is 0 Å². The van der Waals surface area contributed by atoms with Crippen LogP contribution in [0.4, 0.5) is 0 Å². The number of pyridine rings is 1. The van der Waals surface area contributed by atoms with Crippen LogP contribution in [0.15, 0.2) is 53.6 Å². The van der Waals surface area contributed by atoms with Crippen molar-refractivity contribution in [3.63, 3.8) is 0 Å². The molecule has 0 aliphatic heterocycles. The second-order valence-electron chi connectivity index (χ2n) is 6.32. The number of aromatic nitrogens is 2. The van der Waals surface area contributed by atoms with Crippen molar-refractivity contribution in [2.75, 3.05) is 5.75 Å². The Balaban J connectivity index is 1.60. The number of halogens is 1. The molecule has 0 bridgehead atoms. The minimum absolute atomic E-state index is 0.112. The molecule has 0 unspecified atom stereocenters. The van der Waals surface area contributed by atoms with Gasteiger partial charge in [0.1, 0.15) is 0 Å². The highest BCUT2D eigenvalue weighted by Gasteiger charge is 2.16. The molecule has 26 heavy (non-hydrogen) atoms. The van der Waals surface area contributed by atoms with Crippen LogP contribution in [0, 0.1) is 13.8 Å². The van der Waals surface area contributed by atoms with Crippen LogP contribution in [0.5, 0.6) is 0 Å². The summed E-state index contributed by atoms with van der Waals surface area (Å²) in [6.45, 7) is 3.98. The van der Waals surface area contributed by atoms with Crippen molar-refractivity contribution in [1.29, 1.82) is 0 Å².